The van der Waals surface area contributed by atoms with Gasteiger partial charge in [0, 0.05) is 10.6 Å². The molecule has 1 heterocycles. The molecule has 0 aliphatic carbocycles. The number of nitrogens with one attached hydrogen (secondary N) is 1. The van der Waals surface area contributed by atoms with E-state index in [2.05, 4.69) is 9.93 Å². The van der Waals surface area contributed by atoms with Crippen molar-refractivity contribution >= 4 is 27.4 Å². The molecule has 1 aromatic heterocycles. The summed E-state index contributed by atoms with van der Waals surface area (Å²) in [5.41, 5.74) is 0.497. The molecule has 0 amide bonds. The van der Waals surface area contributed by atoms with E-state index in [-0.39, 0.29) is 17.2 Å². The van der Waals surface area contributed by atoms with E-state index in [1.807, 2.05) is 0 Å². The number of carbonyl (C=O) groups is 1. The van der Waals surface area contributed by atoms with Crippen LogP contribution in [-0.2, 0) is 16.6 Å². The normalized spacial score (nSPS) is 11.2. The fraction of sp³-hybridized carbons (Fsp3) is 0.0625. The third-order valence-electron chi connectivity index (χ3n) is 3.33. The van der Waals surface area contributed by atoms with Crippen molar-refractivity contribution in [3.8, 4) is 0 Å². The quantitative estimate of drug-likeness (QED) is 0.522. The first-order chi connectivity index (χ1) is 11.9. The Bertz CT molecular complexity index is 986. The van der Waals surface area contributed by atoms with Gasteiger partial charge in [-0.3, -0.25) is 4.79 Å². The number of sulfonamides is 1. The lowest BCUT2D eigenvalue weighted by Crippen LogP contribution is -2.39. The molecule has 128 valence electrons. The molecule has 0 aliphatic rings. The molecule has 3 aromatic rings. The van der Waals surface area contributed by atoms with Crippen molar-refractivity contribution in [3.05, 3.63) is 77.8 Å². The number of ketones is 1. The van der Waals surface area contributed by atoms with Crippen molar-refractivity contribution < 1.29 is 17.9 Å². The lowest BCUT2D eigenvalue weighted by molar-refractivity contribution is -0.739. The maximum atomic E-state index is 12.2. The first kappa shape index (κ1) is 17.1. The van der Waals surface area contributed by atoms with E-state index in [1.165, 1.54) is 34.1 Å². The number of hydrogen-bond donors (Lipinski definition) is 1. The smallest absolute Gasteiger partial charge is 0.290 e. The molecular formula is C16H14ClN4O3S+. The monoisotopic (exact) mass is 377 g/mol. The summed E-state index contributed by atoms with van der Waals surface area (Å²) in [6.07, 6.45) is 2.66. The molecule has 0 radical (unpaired) electrons. The summed E-state index contributed by atoms with van der Waals surface area (Å²) >= 11 is 5.79. The summed E-state index contributed by atoms with van der Waals surface area (Å²) < 4.78 is 27.0. The number of aromatic nitrogens is 3. The average molecular weight is 378 g/mol. The van der Waals surface area contributed by atoms with Gasteiger partial charge in [0.1, 0.15) is 0 Å². The molecule has 2 aromatic carbocycles. The molecule has 0 spiro atoms. The van der Waals surface area contributed by atoms with Crippen LogP contribution in [0.3, 0.4) is 0 Å². The van der Waals surface area contributed by atoms with Gasteiger partial charge in [-0.15, -0.1) is 14.2 Å². The van der Waals surface area contributed by atoms with Gasteiger partial charge >= 0.3 is 0 Å². The van der Waals surface area contributed by atoms with Gasteiger partial charge in [0.25, 0.3) is 16.4 Å². The zero-order valence-corrected chi connectivity index (χ0v) is 14.5. The summed E-state index contributed by atoms with van der Waals surface area (Å²) in [5.74, 6) is -0.169. The van der Waals surface area contributed by atoms with Gasteiger partial charge in [0.05, 0.1) is 4.90 Å². The van der Waals surface area contributed by atoms with Gasteiger partial charge in [0.2, 0.25) is 12.1 Å². The van der Waals surface area contributed by atoms with Crippen LogP contribution < -0.4 is 9.51 Å². The second kappa shape index (κ2) is 7.04. The van der Waals surface area contributed by atoms with Crippen LogP contribution in [0.15, 0.2) is 72.1 Å². The van der Waals surface area contributed by atoms with Crippen molar-refractivity contribution in [2.24, 2.45) is 0 Å². The van der Waals surface area contributed by atoms with Crippen LogP contribution in [0.25, 0.3) is 0 Å². The summed E-state index contributed by atoms with van der Waals surface area (Å²) in [7, 11) is -3.73. The van der Waals surface area contributed by atoms with E-state index in [0.29, 0.717) is 10.6 Å². The molecule has 0 unspecified atom stereocenters. The number of rotatable bonds is 6. The minimum Gasteiger partial charge on any atom is -0.290 e. The number of carbonyl (C=O) groups excluding carboxylic acids is 1. The topological polar surface area (TPSA) is 84.9 Å². The first-order valence-corrected chi connectivity index (χ1v) is 9.10. The molecule has 0 bridgehead atoms. The lowest BCUT2D eigenvalue weighted by atomic mass is 10.1. The Balaban J connectivity index is 1.70. The van der Waals surface area contributed by atoms with Crippen molar-refractivity contribution in [1.29, 1.82) is 0 Å². The fourth-order valence-electron chi connectivity index (χ4n) is 2.12. The molecule has 0 saturated heterocycles. The van der Waals surface area contributed by atoms with Crippen LogP contribution in [0.5, 0.6) is 0 Å². The number of nitrogens with zero attached hydrogens (tertiary/aromatic N) is 3. The maximum Gasteiger partial charge on any atom is 0.290 e. The van der Waals surface area contributed by atoms with Crippen LogP contribution in [0, 0.1) is 0 Å². The van der Waals surface area contributed by atoms with Crippen LogP contribution in [0.4, 0.5) is 0 Å². The number of benzene rings is 2. The second-order valence-electron chi connectivity index (χ2n) is 5.19. The van der Waals surface area contributed by atoms with Crippen molar-refractivity contribution in [2.75, 3.05) is 4.83 Å². The zero-order chi connectivity index (χ0) is 17.9. The predicted octanol–water partition coefficient (Wildman–Crippen LogP) is 1.64. The van der Waals surface area contributed by atoms with E-state index >= 15 is 0 Å². The SMILES string of the molecule is O=C(C[n+]1cn(NS(=O)(=O)c2ccccc2)cn1)c1ccc(Cl)cc1. The highest BCUT2D eigenvalue weighted by Crippen LogP contribution is 2.10. The van der Waals surface area contributed by atoms with E-state index in [9.17, 15) is 13.2 Å². The highest BCUT2D eigenvalue weighted by Gasteiger charge is 2.19. The summed E-state index contributed by atoms with van der Waals surface area (Å²) in [6.45, 7) is -0.0261. The Hall–Kier alpha value is -2.71. The molecule has 1 N–H and O–H groups in total. The summed E-state index contributed by atoms with van der Waals surface area (Å²) in [5, 5.41) is 4.53. The second-order valence-corrected chi connectivity index (χ2v) is 7.29. The van der Waals surface area contributed by atoms with Gasteiger partial charge in [-0.2, -0.15) is 8.42 Å². The van der Waals surface area contributed by atoms with Gasteiger partial charge < -0.3 is 0 Å². The Morgan fingerprint density at radius 2 is 1.80 bits per heavy atom. The van der Waals surface area contributed by atoms with Crippen LogP contribution in [0.2, 0.25) is 5.02 Å². The van der Waals surface area contributed by atoms with Gasteiger partial charge in [0.15, 0.2) is 6.54 Å². The van der Waals surface area contributed by atoms with Crippen LogP contribution in [0.1, 0.15) is 10.4 Å². The largest absolute Gasteiger partial charge is 0.290 e. The number of halogens is 1. The summed E-state index contributed by atoms with van der Waals surface area (Å²) in [6, 6.07) is 14.5. The van der Waals surface area contributed by atoms with Gasteiger partial charge in [-0.25, -0.2) is 0 Å². The third-order valence-corrected chi connectivity index (χ3v) is 4.93. The maximum absolute atomic E-state index is 12.2. The zero-order valence-electron chi connectivity index (χ0n) is 12.9. The lowest BCUT2D eigenvalue weighted by Gasteiger charge is -2.02. The minimum absolute atomic E-state index is 0.0261. The highest BCUT2D eigenvalue weighted by molar-refractivity contribution is 7.92. The Labute approximate surface area is 149 Å². The number of hydrogen-bond acceptors (Lipinski definition) is 4. The van der Waals surface area contributed by atoms with E-state index < -0.39 is 10.0 Å². The Kier molecular flexibility index (Phi) is 4.82. The van der Waals surface area contributed by atoms with E-state index in [1.54, 1.807) is 42.5 Å². The molecule has 7 nitrogen and oxygen atoms in total. The Morgan fingerprint density at radius 1 is 1.12 bits per heavy atom. The first-order valence-electron chi connectivity index (χ1n) is 7.24. The van der Waals surface area contributed by atoms with Crippen LogP contribution in [-0.4, -0.2) is 24.0 Å². The van der Waals surface area contributed by atoms with Crippen molar-refractivity contribution in [3.63, 3.8) is 0 Å². The summed E-state index contributed by atoms with van der Waals surface area (Å²) in [4.78, 5) is 14.7. The molecule has 9 heteroatoms. The molecule has 0 aliphatic heterocycles. The fourth-order valence-corrected chi connectivity index (χ4v) is 3.24. The highest BCUT2D eigenvalue weighted by atomic mass is 35.5. The minimum atomic E-state index is -3.73. The average Bonchev–Trinajstić information content (AvgIpc) is 3.02. The molecule has 0 fully saturated rings. The molecule has 0 atom stereocenters. The number of Topliss-reactive ketones (excluding diaryl/α,β-unsaturated/α-hetero) is 1. The van der Waals surface area contributed by atoms with Crippen molar-refractivity contribution in [2.45, 2.75) is 11.4 Å². The molecular weight excluding hydrogens is 364 g/mol. The molecule has 0 saturated carbocycles. The van der Waals surface area contributed by atoms with E-state index in [0.717, 1.165) is 0 Å². The van der Waals surface area contributed by atoms with E-state index in [4.69, 9.17) is 11.6 Å². The molecule has 3 rings (SSSR count). The Morgan fingerprint density at radius 3 is 2.48 bits per heavy atom. The predicted molar refractivity (Wildman–Crippen MR) is 91.2 cm³/mol. The van der Waals surface area contributed by atoms with Gasteiger partial charge in [-0.1, -0.05) is 29.8 Å². The third kappa shape index (κ3) is 4.23. The standard InChI is InChI=1S/C16H14ClN4O3S/c17-14-8-6-13(7-9-14)16(22)10-20-12-21(11-18-20)19-25(23,24)15-4-2-1-3-5-15/h1-9,11-12,19H,10H2/q+1. The molecule has 25 heavy (non-hydrogen) atoms. The van der Waals surface area contributed by atoms with Crippen LogP contribution >= 0.6 is 11.6 Å². The van der Waals surface area contributed by atoms with Crippen molar-refractivity contribution in [1.82, 2.24) is 9.77 Å². The van der Waals surface area contributed by atoms with Gasteiger partial charge in [-0.05, 0) is 41.5 Å².